The standard InChI is InChI=1S/C17H14/c1-2-7-13-12-14-8-3-4-9-16(14)17-11-6-5-10-15(13)17/h2-12H,1H3. The zero-order chi connectivity index (χ0) is 11.7. The third-order valence-electron chi connectivity index (χ3n) is 3.15. The first kappa shape index (κ1) is 10.1. The van der Waals surface area contributed by atoms with Gasteiger partial charge < -0.3 is 0 Å². The summed E-state index contributed by atoms with van der Waals surface area (Å²) in [5.41, 5.74) is 1.29. The second-order valence-corrected chi connectivity index (χ2v) is 4.23. The van der Waals surface area contributed by atoms with E-state index < -0.39 is 0 Å². The molecule has 0 atom stereocenters. The van der Waals surface area contributed by atoms with Crippen LogP contribution in [0.1, 0.15) is 12.5 Å². The summed E-state index contributed by atoms with van der Waals surface area (Å²) < 4.78 is 0. The van der Waals surface area contributed by atoms with Crippen LogP contribution in [0.25, 0.3) is 27.6 Å². The Hall–Kier alpha value is -2.08. The number of rotatable bonds is 1. The highest BCUT2D eigenvalue weighted by Gasteiger charge is 2.03. The van der Waals surface area contributed by atoms with Crippen LogP contribution in [0, 0.1) is 0 Å². The van der Waals surface area contributed by atoms with Crippen LogP contribution in [0.15, 0.2) is 60.7 Å². The lowest BCUT2D eigenvalue weighted by Crippen LogP contribution is -1.81. The average Bonchev–Trinajstić information content (AvgIpc) is 2.39. The highest BCUT2D eigenvalue weighted by Crippen LogP contribution is 2.29. The van der Waals surface area contributed by atoms with Crippen LogP contribution in [0.3, 0.4) is 0 Å². The number of allylic oxidation sites excluding steroid dienone is 1. The van der Waals surface area contributed by atoms with Crippen molar-refractivity contribution in [1.82, 2.24) is 0 Å². The highest BCUT2D eigenvalue weighted by molar-refractivity contribution is 6.10. The van der Waals surface area contributed by atoms with E-state index in [9.17, 15) is 0 Å². The van der Waals surface area contributed by atoms with Crippen molar-refractivity contribution in [3.63, 3.8) is 0 Å². The summed E-state index contributed by atoms with van der Waals surface area (Å²) in [6, 6.07) is 19.4. The molecule has 0 fully saturated rings. The predicted octanol–water partition coefficient (Wildman–Crippen LogP) is 5.03. The van der Waals surface area contributed by atoms with Gasteiger partial charge in [-0.15, -0.1) is 0 Å². The Morgan fingerprint density at radius 2 is 1.41 bits per heavy atom. The number of fused-ring (bicyclic) bond motifs is 3. The molecule has 0 amide bonds. The Bertz CT molecular complexity index is 705. The molecule has 0 saturated carbocycles. The molecule has 0 heteroatoms. The van der Waals surface area contributed by atoms with E-state index in [4.69, 9.17) is 0 Å². The Labute approximate surface area is 101 Å². The maximum absolute atomic E-state index is 2.26. The zero-order valence-corrected chi connectivity index (χ0v) is 9.85. The summed E-state index contributed by atoms with van der Waals surface area (Å²) in [6.07, 6.45) is 4.27. The van der Waals surface area contributed by atoms with E-state index in [1.807, 2.05) is 0 Å². The maximum atomic E-state index is 2.26. The lowest BCUT2D eigenvalue weighted by molar-refractivity contribution is 1.71. The van der Waals surface area contributed by atoms with Crippen molar-refractivity contribution in [3.8, 4) is 0 Å². The first-order valence-electron chi connectivity index (χ1n) is 5.93. The number of hydrogen-bond acceptors (Lipinski definition) is 0. The molecule has 0 aliphatic carbocycles. The van der Waals surface area contributed by atoms with E-state index >= 15 is 0 Å². The molecule has 3 rings (SSSR count). The minimum atomic E-state index is 1.29. The maximum Gasteiger partial charge on any atom is -0.00994 e. The molecule has 0 N–H and O–H groups in total. The normalized spacial score (nSPS) is 11.6. The Kier molecular flexibility index (Phi) is 2.41. The van der Waals surface area contributed by atoms with Gasteiger partial charge in [0.1, 0.15) is 0 Å². The smallest absolute Gasteiger partial charge is 0.00994 e. The highest BCUT2D eigenvalue weighted by atomic mass is 14.1. The Morgan fingerprint density at radius 1 is 0.765 bits per heavy atom. The molecule has 0 aliphatic heterocycles. The molecule has 0 unspecified atom stereocenters. The van der Waals surface area contributed by atoms with E-state index in [-0.39, 0.29) is 0 Å². The van der Waals surface area contributed by atoms with Crippen molar-refractivity contribution in [3.05, 3.63) is 66.2 Å². The topological polar surface area (TPSA) is 0 Å². The number of hydrogen-bond donors (Lipinski definition) is 0. The molecule has 17 heavy (non-hydrogen) atoms. The minimum Gasteiger partial charge on any atom is -0.0870 e. The fourth-order valence-corrected chi connectivity index (χ4v) is 2.40. The van der Waals surface area contributed by atoms with E-state index in [1.165, 1.54) is 27.1 Å². The number of benzene rings is 3. The molecule has 0 radical (unpaired) electrons. The third kappa shape index (κ3) is 1.62. The van der Waals surface area contributed by atoms with Gasteiger partial charge in [0.2, 0.25) is 0 Å². The molecule has 3 aromatic rings. The molecular formula is C17H14. The summed E-state index contributed by atoms with van der Waals surface area (Å²) in [4.78, 5) is 0. The summed E-state index contributed by atoms with van der Waals surface area (Å²) in [7, 11) is 0. The quantitative estimate of drug-likeness (QED) is 0.503. The van der Waals surface area contributed by atoms with Gasteiger partial charge in [0.15, 0.2) is 0 Å². The van der Waals surface area contributed by atoms with Crippen molar-refractivity contribution in [2.75, 3.05) is 0 Å². The second kappa shape index (κ2) is 4.06. The predicted molar refractivity (Wildman–Crippen MR) is 76.2 cm³/mol. The van der Waals surface area contributed by atoms with Crippen LogP contribution >= 0.6 is 0 Å². The van der Waals surface area contributed by atoms with Crippen LogP contribution in [0.4, 0.5) is 0 Å². The van der Waals surface area contributed by atoms with Crippen molar-refractivity contribution >= 4 is 27.6 Å². The van der Waals surface area contributed by atoms with Gasteiger partial charge in [-0.2, -0.15) is 0 Å². The van der Waals surface area contributed by atoms with Crippen molar-refractivity contribution in [1.29, 1.82) is 0 Å². The van der Waals surface area contributed by atoms with Gasteiger partial charge in [-0.25, -0.2) is 0 Å². The third-order valence-corrected chi connectivity index (χ3v) is 3.15. The molecule has 82 valence electrons. The van der Waals surface area contributed by atoms with Crippen LogP contribution in [-0.4, -0.2) is 0 Å². The van der Waals surface area contributed by atoms with Gasteiger partial charge in [-0.3, -0.25) is 0 Å². The van der Waals surface area contributed by atoms with Gasteiger partial charge in [0.25, 0.3) is 0 Å². The molecule has 0 bridgehead atoms. The van der Waals surface area contributed by atoms with Crippen LogP contribution in [0.5, 0.6) is 0 Å². The molecule has 0 aliphatic rings. The summed E-state index contributed by atoms with van der Waals surface area (Å²) in [6.45, 7) is 2.06. The summed E-state index contributed by atoms with van der Waals surface area (Å²) in [5, 5.41) is 5.29. The SMILES string of the molecule is CC=Cc1cc2ccccc2c2ccccc12. The first-order valence-corrected chi connectivity index (χ1v) is 5.93. The van der Waals surface area contributed by atoms with Gasteiger partial charge in [-0.05, 0) is 40.1 Å². The molecule has 0 spiro atoms. The fourth-order valence-electron chi connectivity index (χ4n) is 2.40. The largest absolute Gasteiger partial charge is 0.0870 e. The van der Waals surface area contributed by atoms with Gasteiger partial charge in [-0.1, -0.05) is 60.7 Å². The zero-order valence-electron chi connectivity index (χ0n) is 9.85. The summed E-state index contributed by atoms with van der Waals surface area (Å²) >= 11 is 0. The van der Waals surface area contributed by atoms with Crippen molar-refractivity contribution < 1.29 is 0 Å². The monoisotopic (exact) mass is 218 g/mol. The van der Waals surface area contributed by atoms with Crippen LogP contribution in [-0.2, 0) is 0 Å². The fraction of sp³-hybridized carbons (Fsp3) is 0.0588. The molecule has 3 aromatic carbocycles. The molecule has 0 heterocycles. The van der Waals surface area contributed by atoms with Gasteiger partial charge >= 0.3 is 0 Å². The minimum absolute atomic E-state index is 1.29. The average molecular weight is 218 g/mol. The van der Waals surface area contributed by atoms with E-state index in [2.05, 4.69) is 73.7 Å². The van der Waals surface area contributed by atoms with E-state index in [1.54, 1.807) is 0 Å². The van der Waals surface area contributed by atoms with Gasteiger partial charge in [0.05, 0.1) is 0 Å². The Morgan fingerprint density at radius 3 is 2.18 bits per heavy atom. The van der Waals surface area contributed by atoms with E-state index in [0.29, 0.717) is 0 Å². The molecule has 0 aromatic heterocycles. The Balaban J connectivity index is 2.54. The van der Waals surface area contributed by atoms with Gasteiger partial charge in [0, 0.05) is 0 Å². The molecule has 0 saturated heterocycles. The first-order chi connectivity index (χ1) is 8.40. The van der Waals surface area contributed by atoms with Crippen molar-refractivity contribution in [2.24, 2.45) is 0 Å². The van der Waals surface area contributed by atoms with Crippen LogP contribution < -0.4 is 0 Å². The van der Waals surface area contributed by atoms with Crippen molar-refractivity contribution in [2.45, 2.75) is 6.92 Å². The van der Waals surface area contributed by atoms with E-state index in [0.717, 1.165) is 0 Å². The molecule has 0 nitrogen and oxygen atoms in total. The summed E-state index contributed by atoms with van der Waals surface area (Å²) in [5.74, 6) is 0. The molecular weight excluding hydrogens is 204 g/mol. The van der Waals surface area contributed by atoms with Crippen LogP contribution in [0.2, 0.25) is 0 Å². The second-order valence-electron chi connectivity index (χ2n) is 4.23. The lowest BCUT2D eigenvalue weighted by atomic mass is 9.97. The lowest BCUT2D eigenvalue weighted by Gasteiger charge is -2.07.